The molecule has 0 unspecified atom stereocenters. The van der Waals surface area contributed by atoms with Gasteiger partial charge in [0.1, 0.15) is 11.6 Å². The Bertz CT molecular complexity index is 285. The van der Waals surface area contributed by atoms with E-state index in [1.807, 2.05) is 6.92 Å². The molecule has 2 N–H and O–H groups in total. The molecule has 0 radical (unpaired) electrons. The number of aromatic nitrogens is 3. The third-order valence-corrected chi connectivity index (χ3v) is 2.30. The van der Waals surface area contributed by atoms with Gasteiger partial charge in [0.25, 0.3) is 0 Å². The van der Waals surface area contributed by atoms with Crippen molar-refractivity contribution in [1.82, 2.24) is 14.8 Å². The van der Waals surface area contributed by atoms with Crippen LogP contribution in [0.5, 0.6) is 0 Å². The van der Waals surface area contributed by atoms with Crippen molar-refractivity contribution in [1.29, 1.82) is 0 Å². The molecule has 0 aromatic carbocycles. The lowest BCUT2D eigenvalue weighted by Crippen LogP contribution is -2.10. The molecule has 1 heterocycles. The standard InChI is InChI=1S/C10H20N4O/c1-3-14-9(6-5-7-15-4-2)12-13-10(14)8-11/h3-8,11H2,1-2H3. The lowest BCUT2D eigenvalue weighted by molar-refractivity contribution is 0.144. The van der Waals surface area contributed by atoms with E-state index in [4.69, 9.17) is 10.5 Å². The van der Waals surface area contributed by atoms with Gasteiger partial charge in [-0.15, -0.1) is 10.2 Å². The summed E-state index contributed by atoms with van der Waals surface area (Å²) in [7, 11) is 0. The largest absolute Gasteiger partial charge is 0.382 e. The van der Waals surface area contributed by atoms with Gasteiger partial charge >= 0.3 is 0 Å². The maximum Gasteiger partial charge on any atom is 0.146 e. The summed E-state index contributed by atoms with van der Waals surface area (Å²) in [5.74, 6) is 1.88. The van der Waals surface area contributed by atoms with E-state index in [0.29, 0.717) is 6.54 Å². The Morgan fingerprint density at radius 3 is 2.60 bits per heavy atom. The van der Waals surface area contributed by atoms with Crippen LogP contribution in [0.1, 0.15) is 31.9 Å². The summed E-state index contributed by atoms with van der Waals surface area (Å²) in [6.45, 7) is 6.96. The minimum absolute atomic E-state index is 0.451. The summed E-state index contributed by atoms with van der Waals surface area (Å²) in [4.78, 5) is 0. The summed E-state index contributed by atoms with van der Waals surface area (Å²) in [6, 6.07) is 0. The van der Waals surface area contributed by atoms with Crippen LogP contribution in [0.25, 0.3) is 0 Å². The minimum atomic E-state index is 0.451. The van der Waals surface area contributed by atoms with Crippen LogP contribution in [0.2, 0.25) is 0 Å². The van der Waals surface area contributed by atoms with Gasteiger partial charge in [0, 0.05) is 26.2 Å². The molecule has 1 rings (SSSR count). The number of ether oxygens (including phenoxy) is 1. The Morgan fingerprint density at radius 2 is 2.00 bits per heavy atom. The average Bonchev–Trinajstić information content (AvgIpc) is 2.66. The molecule has 86 valence electrons. The predicted octanol–water partition coefficient (Wildman–Crippen LogP) is 0.726. The van der Waals surface area contributed by atoms with Crippen molar-refractivity contribution in [2.24, 2.45) is 5.73 Å². The smallest absolute Gasteiger partial charge is 0.146 e. The molecule has 0 saturated carbocycles. The SMILES string of the molecule is CCOCCCc1nnc(CN)n1CC. The number of aryl methyl sites for hydroxylation is 1. The monoisotopic (exact) mass is 212 g/mol. The zero-order chi connectivity index (χ0) is 11.1. The fourth-order valence-electron chi connectivity index (χ4n) is 1.55. The van der Waals surface area contributed by atoms with Crippen LogP contribution in [0.3, 0.4) is 0 Å². The van der Waals surface area contributed by atoms with Crippen molar-refractivity contribution in [2.75, 3.05) is 13.2 Å². The molecule has 0 aliphatic rings. The first-order valence-electron chi connectivity index (χ1n) is 5.52. The number of nitrogens with zero attached hydrogens (tertiary/aromatic N) is 3. The fraction of sp³-hybridized carbons (Fsp3) is 0.800. The van der Waals surface area contributed by atoms with Gasteiger partial charge in [0.2, 0.25) is 0 Å². The number of rotatable bonds is 7. The summed E-state index contributed by atoms with van der Waals surface area (Å²) in [5, 5.41) is 8.18. The minimum Gasteiger partial charge on any atom is -0.382 e. The van der Waals surface area contributed by atoms with Crippen molar-refractivity contribution in [3.8, 4) is 0 Å². The van der Waals surface area contributed by atoms with Gasteiger partial charge in [-0.25, -0.2) is 0 Å². The molecular formula is C10H20N4O. The second-order valence-corrected chi connectivity index (χ2v) is 3.28. The van der Waals surface area contributed by atoms with E-state index >= 15 is 0 Å². The van der Waals surface area contributed by atoms with Gasteiger partial charge < -0.3 is 15.0 Å². The van der Waals surface area contributed by atoms with Gasteiger partial charge in [0.05, 0.1) is 6.54 Å². The van der Waals surface area contributed by atoms with Gasteiger partial charge in [-0.2, -0.15) is 0 Å². The van der Waals surface area contributed by atoms with Crippen LogP contribution < -0.4 is 5.73 Å². The van der Waals surface area contributed by atoms with Gasteiger partial charge in [-0.05, 0) is 20.3 Å². The van der Waals surface area contributed by atoms with E-state index in [1.54, 1.807) is 0 Å². The van der Waals surface area contributed by atoms with E-state index in [-0.39, 0.29) is 0 Å². The number of nitrogens with two attached hydrogens (primary N) is 1. The zero-order valence-corrected chi connectivity index (χ0v) is 9.57. The van der Waals surface area contributed by atoms with E-state index in [9.17, 15) is 0 Å². The molecule has 5 heteroatoms. The fourth-order valence-corrected chi connectivity index (χ4v) is 1.55. The molecular weight excluding hydrogens is 192 g/mol. The highest BCUT2D eigenvalue weighted by Gasteiger charge is 2.08. The highest BCUT2D eigenvalue weighted by atomic mass is 16.5. The van der Waals surface area contributed by atoms with Crippen LogP contribution in [0, 0.1) is 0 Å². The Labute approximate surface area is 90.6 Å². The average molecular weight is 212 g/mol. The Morgan fingerprint density at radius 1 is 1.27 bits per heavy atom. The van der Waals surface area contributed by atoms with Crippen molar-refractivity contribution >= 4 is 0 Å². The molecule has 0 aliphatic carbocycles. The number of hydrogen-bond donors (Lipinski definition) is 1. The van der Waals surface area contributed by atoms with Crippen LogP contribution >= 0.6 is 0 Å². The van der Waals surface area contributed by atoms with Crippen LogP contribution in [-0.2, 0) is 24.2 Å². The highest BCUT2D eigenvalue weighted by molar-refractivity contribution is 4.95. The molecule has 1 aromatic rings. The molecule has 0 spiro atoms. The summed E-state index contributed by atoms with van der Waals surface area (Å²) in [6.07, 6.45) is 1.89. The highest BCUT2D eigenvalue weighted by Crippen LogP contribution is 2.04. The zero-order valence-electron chi connectivity index (χ0n) is 9.57. The lowest BCUT2D eigenvalue weighted by Gasteiger charge is -2.06. The molecule has 0 bridgehead atoms. The third kappa shape index (κ3) is 3.28. The lowest BCUT2D eigenvalue weighted by atomic mass is 10.3. The van der Waals surface area contributed by atoms with Crippen molar-refractivity contribution in [3.05, 3.63) is 11.6 Å². The Hall–Kier alpha value is -0.940. The second-order valence-electron chi connectivity index (χ2n) is 3.28. The normalized spacial score (nSPS) is 10.9. The maximum absolute atomic E-state index is 5.57. The first kappa shape index (κ1) is 12.1. The summed E-state index contributed by atoms with van der Waals surface area (Å²) in [5.41, 5.74) is 5.57. The third-order valence-electron chi connectivity index (χ3n) is 2.30. The molecule has 15 heavy (non-hydrogen) atoms. The Kier molecular flexibility index (Phi) is 5.28. The van der Waals surface area contributed by atoms with Crippen LogP contribution in [-0.4, -0.2) is 28.0 Å². The second kappa shape index (κ2) is 6.53. The van der Waals surface area contributed by atoms with Crippen LogP contribution in [0.15, 0.2) is 0 Å². The van der Waals surface area contributed by atoms with Gasteiger partial charge in [-0.1, -0.05) is 0 Å². The summed E-state index contributed by atoms with van der Waals surface area (Å²) >= 11 is 0. The molecule has 0 amide bonds. The first-order valence-corrected chi connectivity index (χ1v) is 5.52. The van der Waals surface area contributed by atoms with E-state index < -0.39 is 0 Å². The van der Waals surface area contributed by atoms with E-state index in [1.165, 1.54) is 0 Å². The van der Waals surface area contributed by atoms with E-state index in [0.717, 1.165) is 44.2 Å². The van der Waals surface area contributed by atoms with Gasteiger partial charge in [-0.3, -0.25) is 0 Å². The number of hydrogen-bond acceptors (Lipinski definition) is 4. The topological polar surface area (TPSA) is 66.0 Å². The molecule has 0 fully saturated rings. The first-order chi connectivity index (χ1) is 7.33. The molecule has 0 atom stereocenters. The maximum atomic E-state index is 5.57. The molecule has 0 aliphatic heterocycles. The van der Waals surface area contributed by atoms with Crippen molar-refractivity contribution < 1.29 is 4.74 Å². The Balaban J connectivity index is 2.49. The predicted molar refractivity (Wildman–Crippen MR) is 58.4 cm³/mol. The summed E-state index contributed by atoms with van der Waals surface area (Å²) < 4.78 is 7.36. The molecule has 1 aromatic heterocycles. The van der Waals surface area contributed by atoms with E-state index in [2.05, 4.69) is 21.7 Å². The van der Waals surface area contributed by atoms with Crippen molar-refractivity contribution in [3.63, 3.8) is 0 Å². The quantitative estimate of drug-likeness (QED) is 0.676. The van der Waals surface area contributed by atoms with Gasteiger partial charge in [0.15, 0.2) is 0 Å². The van der Waals surface area contributed by atoms with Crippen LogP contribution in [0.4, 0.5) is 0 Å². The van der Waals surface area contributed by atoms with Crippen molar-refractivity contribution in [2.45, 2.75) is 39.8 Å². The molecule has 5 nitrogen and oxygen atoms in total. The molecule has 0 saturated heterocycles.